The van der Waals surface area contributed by atoms with Crippen molar-refractivity contribution < 1.29 is 27.2 Å². The molecule has 0 saturated carbocycles. The first-order chi connectivity index (χ1) is 15.4. The summed E-state index contributed by atoms with van der Waals surface area (Å²) in [4.78, 5) is 18.8. The fourth-order valence-electron chi connectivity index (χ4n) is 3.40. The summed E-state index contributed by atoms with van der Waals surface area (Å²) in [6.07, 6.45) is 0. The van der Waals surface area contributed by atoms with Crippen LogP contribution in [0.1, 0.15) is 10.5 Å². The van der Waals surface area contributed by atoms with Crippen molar-refractivity contribution >= 4 is 53.6 Å². The maximum absolute atomic E-state index is 13.0. The zero-order chi connectivity index (χ0) is 22.3. The van der Waals surface area contributed by atoms with E-state index < -0.39 is 10.0 Å². The molecule has 0 spiro atoms. The zero-order valence-corrected chi connectivity index (χ0v) is 18.5. The van der Waals surface area contributed by atoms with Gasteiger partial charge in [-0.3, -0.25) is 9.52 Å². The lowest BCUT2D eigenvalue weighted by Gasteiger charge is -2.25. The van der Waals surface area contributed by atoms with Crippen molar-refractivity contribution in [2.75, 3.05) is 38.1 Å². The number of methoxy groups -OCH3 is 1. The van der Waals surface area contributed by atoms with E-state index in [0.29, 0.717) is 48.5 Å². The number of thiazole rings is 1. The van der Waals surface area contributed by atoms with Gasteiger partial charge in [0.25, 0.3) is 15.9 Å². The molecule has 5 rings (SSSR count). The molecule has 0 unspecified atom stereocenters. The van der Waals surface area contributed by atoms with Crippen LogP contribution in [0.5, 0.6) is 5.75 Å². The number of fused-ring (bicyclic) bond motifs is 2. The van der Waals surface area contributed by atoms with Gasteiger partial charge in [0.1, 0.15) is 5.75 Å². The summed E-state index contributed by atoms with van der Waals surface area (Å²) in [6.45, 7) is 1.77. The molecule has 1 aliphatic rings. The van der Waals surface area contributed by atoms with Crippen LogP contribution in [0.15, 0.2) is 45.8 Å². The molecule has 1 fully saturated rings. The van der Waals surface area contributed by atoms with Crippen LogP contribution in [0.2, 0.25) is 0 Å². The fourth-order valence-corrected chi connectivity index (χ4v) is 5.56. The zero-order valence-electron chi connectivity index (χ0n) is 16.9. The molecule has 2 aromatic heterocycles. The summed E-state index contributed by atoms with van der Waals surface area (Å²) in [6, 6.07) is 9.57. The molecular formula is C20H18N4O6S2. The van der Waals surface area contributed by atoms with E-state index >= 15 is 0 Å². The summed E-state index contributed by atoms with van der Waals surface area (Å²) in [5.41, 5.74) is 1.06. The number of hydrogen-bond acceptors (Lipinski definition) is 9. The Kier molecular flexibility index (Phi) is 5.19. The number of benzene rings is 2. The van der Waals surface area contributed by atoms with Gasteiger partial charge in [0, 0.05) is 13.1 Å². The first kappa shape index (κ1) is 20.7. The normalized spacial score (nSPS) is 14.7. The second-order valence-electron chi connectivity index (χ2n) is 7.05. The van der Waals surface area contributed by atoms with E-state index in [4.69, 9.17) is 14.0 Å². The van der Waals surface area contributed by atoms with Gasteiger partial charge < -0.3 is 18.9 Å². The maximum Gasteiger partial charge on any atom is 0.276 e. The van der Waals surface area contributed by atoms with Crippen LogP contribution in [0.25, 0.3) is 21.2 Å². The molecule has 0 bridgehead atoms. The summed E-state index contributed by atoms with van der Waals surface area (Å²) < 4.78 is 45.0. The lowest BCUT2D eigenvalue weighted by Crippen LogP contribution is -2.40. The maximum atomic E-state index is 13.0. The second-order valence-corrected chi connectivity index (χ2v) is 9.76. The predicted octanol–water partition coefficient (Wildman–Crippen LogP) is 2.72. The number of aromatic nitrogens is 2. The number of morpholine rings is 1. The van der Waals surface area contributed by atoms with Gasteiger partial charge in [0.05, 0.1) is 40.8 Å². The van der Waals surface area contributed by atoms with Gasteiger partial charge in [-0.1, -0.05) is 16.5 Å². The van der Waals surface area contributed by atoms with Gasteiger partial charge in [-0.2, -0.15) is 0 Å². The number of anilines is 1. The van der Waals surface area contributed by atoms with Crippen molar-refractivity contribution in [3.05, 3.63) is 42.1 Å². The molecule has 2 aromatic carbocycles. The van der Waals surface area contributed by atoms with Crippen LogP contribution < -0.4 is 9.46 Å². The van der Waals surface area contributed by atoms with Crippen molar-refractivity contribution in [2.45, 2.75) is 4.90 Å². The average Bonchev–Trinajstić information content (AvgIpc) is 3.41. The van der Waals surface area contributed by atoms with Crippen molar-refractivity contribution in [3.8, 4) is 5.75 Å². The molecule has 32 heavy (non-hydrogen) atoms. The summed E-state index contributed by atoms with van der Waals surface area (Å²) in [7, 11) is -2.40. The minimum atomic E-state index is -3.96. The van der Waals surface area contributed by atoms with Crippen LogP contribution in [-0.2, 0) is 14.8 Å². The van der Waals surface area contributed by atoms with Crippen LogP contribution in [0.3, 0.4) is 0 Å². The van der Waals surface area contributed by atoms with Crippen LogP contribution >= 0.6 is 11.3 Å². The number of amides is 1. The number of carbonyl (C=O) groups excluding carboxylic acids is 1. The Bertz CT molecular complexity index is 1420. The lowest BCUT2D eigenvalue weighted by atomic mass is 10.2. The Morgan fingerprint density at radius 3 is 2.78 bits per heavy atom. The van der Waals surface area contributed by atoms with E-state index in [9.17, 15) is 13.2 Å². The quantitative estimate of drug-likeness (QED) is 0.468. The molecule has 12 heteroatoms. The van der Waals surface area contributed by atoms with Crippen molar-refractivity contribution in [3.63, 3.8) is 0 Å². The van der Waals surface area contributed by atoms with E-state index in [-0.39, 0.29) is 21.6 Å². The van der Waals surface area contributed by atoms with Crippen molar-refractivity contribution in [1.82, 2.24) is 15.0 Å². The van der Waals surface area contributed by atoms with Gasteiger partial charge in [-0.15, -0.1) is 0 Å². The molecule has 166 valence electrons. The first-order valence-electron chi connectivity index (χ1n) is 9.68. The number of sulfonamides is 1. The third kappa shape index (κ3) is 3.76. The highest BCUT2D eigenvalue weighted by atomic mass is 32.2. The fraction of sp³-hybridized carbons (Fsp3) is 0.250. The highest BCUT2D eigenvalue weighted by Gasteiger charge is 2.26. The highest BCUT2D eigenvalue weighted by Crippen LogP contribution is 2.31. The third-order valence-electron chi connectivity index (χ3n) is 5.07. The number of ether oxygens (including phenoxy) is 2. The number of nitrogens with zero attached hydrogens (tertiary/aromatic N) is 3. The third-order valence-corrected chi connectivity index (χ3v) is 7.47. The SMILES string of the molecule is COc1ccc2nc(NS(=O)(=O)c3ccc4onc(C(=O)N5CCOCC5)c4c3)sc2c1. The summed E-state index contributed by atoms with van der Waals surface area (Å²) in [5.74, 6) is 0.334. The molecule has 3 heterocycles. The lowest BCUT2D eigenvalue weighted by molar-refractivity contribution is 0.0297. The Morgan fingerprint density at radius 1 is 1.19 bits per heavy atom. The Labute approximate surface area is 186 Å². The van der Waals surface area contributed by atoms with Gasteiger partial charge in [-0.25, -0.2) is 13.4 Å². The number of carbonyl (C=O) groups is 1. The summed E-state index contributed by atoms with van der Waals surface area (Å²) >= 11 is 1.20. The molecule has 0 atom stereocenters. The van der Waals surface area contributed by atoms with E-state index in [2.05, 4.69) is 14.9 Å². The standard InChI is InChI=1S/C20H18N4O6S2/c1-28-12-2-4-15-17(10-12)31-20(21-15)23-32(26,27)13-3-5-16-14(11-13)18(22-30-16)19(25)24-6-8-29-9-7-24/h2-5,10-11H,6-9H2,1H3,(H,21,23). The molecule has 0 radical (unpaired) electrons. The monoisotopic (exact) mass is 474 g/mol. The average molecular weight is 475 g/mol. The van der Waals surface area contributed by atoms with E-state index in [1.54, 1.807) is 30.2 Å². The molecule has 1 N–H and O–H groups in total. The highest BCUT2D eigenvalue weighted by molar-refractivity contribution is 7.93. The second kappa shape index (κ2) is 8.04. The van der Waals surface area contributed by atoms with Crippen molar-refractivity contribution in [2.24, 2.45) is 0 Å². The molecule has 1 aliphatic heterocycles. The van der Waals surface area contributed by atoms with Gasteiger partial charge >= 0.3 is 0 Å². The van der Waals surface area contributed by atoms with E-state index in [1.807, 2.05) is 0 Å². The van der Waals surface area contributed by atoms with Crippen LogP contribution in [-0.4, -0.2) is 62.8 Å². The van der Waals surface area contributed by atoms with E-state index in [0.717, 1.165) is 4.70 Å². The molecule has 0 aliphatic carbocycles. The first-order valence-corrected chi connectivity index (χ1v) is 12.0. The number of hydrogen-bond donors (Lipinski definition) is 1. The largest absolute Gasteiger partial charge is 0.497 e. The molecule has 10 nitrogen and oxygen atoms in total. The van der Waals surface area contributed by atoms with Gasteiger partial charge in [0.2, 0.25) is 0 Å². The number of nitrogens with one attached hydrogen (secondary N) is 1. The number of rotatable bonds is 5. The Hall–Kier alpha value is -3.22. The van der Waals surface area contributed by atoms with Gasteiger partial charge in [0.15, 0.2) is 16.4 Å². The molecule has 1 saturated heterocycles. The smallest absolute Gasteiger partial charge is 0.276 e. The minimum absolute atomic E-state index is 0.0268. The van der Waals surface area contributed by atoms with Crippen molar-refractivity contribution in [1.29, 1.82) is 0 Å². The topological polar surface area (TPSA) is 124 Å². The van der Waals surface area contributed by atoms with Gasteiger partial charge in [-0.05, 0) is 36.4 Å². The van der Waals surface area contributed by atoms with Crippen LogP contribution in [0.4, 0.5) is 5.13 Å². The molecule has 1 amide bonds. The Balaban J connectivity index is 1.46. The van der Waals surface area contributed by atoms with E-state index in [1.165, 1.54) is 29.5 Å². The molecule has 4 aromatic rings. The molecular weight excluding hydrogens is 456 g/mol. The van der Waals surface area contributed by atoms with Crippen LogP contribution in [0, 0.1) is 0 Å². The summed E-state index contributed by atoms with van der Waals surface area (Å²) in [5, 5.41) is 4.44. The predicted molar refractivity (Wildman–Crippen MR) is 118 cm³/mol. The minimum Gasteiger partial charge on any atom is -0.497 e. The Morgan fingerprint density at radius 2 is 2.00 bits per heavy atom.